The molecule has 5 rings (SSSR count). The average Bonchev–Trinajstić information content (AvgIpc) is 3.84. The number of para-hydroxylation sites is 2. The second-order valence-electron chi connectivity index (χ2n) is 9.89. The maximum absolute atomic E-state index is 13.1. The van der Waals surface area contributed by atoms with Crippen LogP contribution in [0, 0.1) is 6.92 Å². The van der Waals surface area contributed by atoms with Crippen LogP contribution in [0.1, 0.15) is 39.1 Å². The minimum Gasteiger partial charge on any atom is -0.395 e. The maximum Gasteiger partial charge on any atom is 0.258 e. The van der Waals surface area contributed by atoms with E-state index in [-0.39, 0.29) is 31.6 Å². The summed E-state index contributed by atoms with van der Waals surface area (Å²) in [5.41, 5.74) is 5.97. The van der Waals surface area contributed by atoms with Gasteiger partial charge in [-0.2, -0.15) is 0 Å². The Hall–Kier alpha value is -4.46. The molecule has 7 heteroatoms. The van der Waals surface area contributed by atoms with Gasteiger partial charge in [0.1, 0.15) is 0 Å². The highest BCUT2D eigenvalue weighted by molar-refractivity contribution is 6.06. The van der Waals surface area contributed by atoms with Crippen LogP contribution in [0.3, 0.4) is 0 Å². The smallest absolute Gasteiger partial charge is 0.258 e. The first-order valence-corrected chi connectivity index (χ1v) is 13.9. The second-order valence-corrected chi connectivity index (χ2v) is 9.89. The lowest BCUT2D eigenvalue weighted by atomic mass is 9.96. The van der Waals surface area contributed by atoms with E-state index in [9.17, 15) is 14.7 Å². The van der Waals surface area contributed by atoms with Crippen molar-refractivity contribution in [3.8, 4) is 11.1 Å². The monoisotopic (exact) mass is 551 g/mol. The van der Waals surface area contributed by atoms with Gasteiger partial charge in [-0.15, -0.1) is 0 Å². The Bertz CT molecular complexity index is 1410. The number of hydrogen-bond donors (Lipinski definition) is 4. The maximum atomic E-state index is 13.1. The molecule has 212 valence electrons. The molecule has 1 aliphatic rings. The average molecular weight is 552 g/mol. The lowest BCUT2D eigenvalue weighted by Crippen LogP contribution is -2.33. The molecule has 0 saturated heterocycles. The van der Waals surface area contributed by atoms with E-state index in [0.717, 1.165) is 40.9 Å². The van der Waals surface area contributed by atoms with Gasteiger partial charge in [-0.3, -0.25) is 9.59 Å². The third-order valence-electron chi connectivity index (χ3n) is 6.71. The standard InChI is InChI=1S/C26H26N2O3.C8H11NO/c1-18-7-8-21(25(30)27-22-13-14-22)17-24(18)19-9-11-20(12-10-19)26(31)28(15-16-29)23-5-3-2-4-6-23;10-7-6-9-8-4-2-1-3-5-8/h2-12,17,22,29H,13-16H2,1H3,(H,27,30);1-5,9-10H,6-7H2. The van der Waals surface area contributed by atoms with E-state index in [4.69, 9.17) is 5.11 Å². The highest BCUT2D eigenvalue weighted by Gasteiger charge is 2.24. The van der Waals surface area contributed by atoms with Crippen molar-refractivity contribution < 1.29 is 19.8 Å². The molecule has 41 heavy (non-hydrogen) atoms. The van der Waals surface area contributed by atoms with Crippen molar-refractivity contribution in [2.24, 2.45) is 0 Å². The van der Waals surface area contributed by atoms with Crippen LogP contribution in [-0.4, -0.2) is 54.4 Å². The number of benzene rings is 4. The van der Waals surface area contributed by atoms with E-state index in [1.807, 2.05) is 97.9 Å². The quantitative estimate of drug-likeness (QED) is 0.215. The Morgan fingerprint density at radius 3 is 2.05 bits per heavy atom. The number of carbonyl (C=O) groups is 2. The summed E-state index contributed by atoms with van der Waals surface area (Å²) >= 11 is 0. The summed E-state index contributed by atoms with van der Waals surface area (Å²) in [6.07, 6.45) is 2.10. The number of aliphatic hydroxyl groups is 2. The summed E-state index contributed by atoms with van der Waals surface area (Å²) < 4.78 is 0. The molecule has 0 aromatic heterocycles. The zero-order chi connectivity index (χ0) is 29.0. The van der Waals surface area contributed by atoms with Crippen LogP contribution in [0.4, 0.5) is 11.4 Å². The molecule has 7 nitrogen and oxygen atoms in total. The number of amides is 2. The van der Waals surface area contributed by atoms with Crippen LogP contribution < -0.4 is 15.5 Å². The number of hydrogen-bond acceptors (Lipinski definition) is 5. The van der Waals surface area contributed by atoms with Gasteiger partial charge in [-0.1, -0.05) is 54.6 Å². The number of aryl methyl sites for hydroxylation is 1. The van der Waals surface area contributed by atoms with Gasteiger partial charge in [0.25, 0.3) is 11.8 Å². The van der Waals surface area contributed by atoms with Crippen LogP contribution in [0.25, 0.3) is 11.1 Å². The Morgan fingerprint density at radius 2 is 1.44 bits per heavy atom. The van der Waals surface area contributed by atoms with E-state index in [1.165, 1.54) is 0 Å². The van der Waals surface area contributed by atoms with Gasteiger partial charge in [0.05, 0.1) is 13.2 Å². The highest BCUT2D eigenvalue weighted by atomic mass is 16.3. The lowest BCUT2D eigenvalue weighted by molar-refractivity contribution is 0.0949. The molecule has 4 aromatic rings. The zero-order valence-electron chi connectivity index (χ0n) is 23.3. The largest absolute Gasteiger partial charge is 0.395 e. The number of rotatable bonds is 10. The Kier molecular flexibility index (Phi) is 10.7. The summed E-state index contributed by atoms with van der Waals surface area (Å²) in [5, 5.41) is 24.0. The number of nitrogens with one attached hydrogen (secondary N) is 2. The third-order valence-corrected chi connectivity index (χ3v) is 6.71. The fraction of sp³-hybridized carbons (Fsp3) is 0.235. The molecular weight excluding hydrogens is 514 g/mol. The molecule has 0 aliphatic heterocycles. The molecule has 0 unspecified atom stereocenters. The van der Waals surface area contributed by atoms with Gasteiger partial charge < -0.3 is 25.7 Å². The molecule has 0 heterocycles. The molecule has 0 spiro atoms. The SMILES string of the molecule is Cc1ccc(C(=O)NC2CC2)cc1-c1ccc(C(=O)N(CCO)c2ccccc2)cc1.OCCNc1ccccc1. The first kappa shape index (κ1) is 29.5. The summed E-state index contributed by atoms with van der Waals surface area (Å²) in [7, 11) is 0. The van der Waals surface area contributed by atoms with E-state index in [2.05, 4.69) is 10.6 Å². The van der Waals surface area contributed by atoms with E-state index >= 15 is 0 Å². The number of carbonyl (C=O) groups excluding carboxylic acids is 2. The van der Waals surface area contributed by atoms with Crippen LogP contribution in [0.2, 0.25) is 0 Å². The molecule has 1 saturated carbocycles. The normalized spacial score (nSPS) is 12.1. The second kappa shape index (κ2) is 14.8. The summed E-state index contributed by atoms with van der Waals surface area (Å²) in [6, 6.07) is 32.6. The van der Waals surface area contributed by atoms with Gasteiger partial charge in [0, 0.05) is 41.6 Å². The van der Waals surface area contributed by atoms with Crippen LogP contribution in [0.15, 0.2) is 103 Å². The Morgan fingerprint density at radius 1 is 0.805 bits per heavy atom. The molecule has 0 atom stereocenters. The predicted molar refractivity (Wildman–Crippen MR) is 164 cm³/mol. The molecule has 0 bridgehead atoms. The Balaban J connectivity index is 0.000000328. The highest BCUT2D eigenvalue weighted by Crippen LogP contribution is 2.27. The van der Waals surface area contributed by atoms with Crippen LogP contribution >= 0.6 is 0 Å². The van der Waals surface area contributed by atoms with Crippen molar-refractivity contribution >= 4 is 23.2 Å². The van der Waals surface area contributed by atoms with E-state index < -0.39 is 0 Å². The molecule has 4 N–H and O–H groups in total. The van der Waals surface area contributed by atoms with Crippen LogP contribution in [0.5, 0.6) is 0 Å². The van der Waals surface area contributed by atoms with Crippen molar-refractivity contribution in [3.63, 3.8) is 0 Å². The van der Waals surface area contributed by atoms with Gasteiger partial charge in [-0.05, 0) is 85.0 Å². The summed E-state index contributed by atoms with van der Waals surface area (Å²) in [5.74, 6) is -0.209. The molecule has 2 amide bonds. The van der Waals surface area contributed by atoms with Crippen molar-refractivity contribution in [3.05, 3.63) is 120 Å². The fourth-order valence-corrected chi connectivity index (χ4v) is 4.33. The predicted octanol–water partition coefficient (Wildman–Crippen LogP) is 5.28. The number of nitrogens with zero attached hydrogens (tertiary/aromatic N) is 1. The lowest BCUT2D eigenvalue weighted by Gasteiger charge is -2.22. The topological polar surface area (TPSA) is 102 Å². The minimum atomic E-state index is -0.166. The zero-order valence-corrected chi connectivity index (χ0v) is 23.3. The molecule has 1 aliphatic carbocycles. The Labute approximate surface area is 241 Å². The third kappa shape index (κ3) is 8.51. The van der Waals surface area contributed by atoms with Crippen molar-refractivity contribution in [1.29, 1.82) is 0 Å². The van der Waals surface area contributed by atoms with E-state index in [1.54, 1.807) is 17.0 Å². The molecule has 4 aromatic carbocycles. The van der Waals surface area contributed by atoms with Crippen molar-refractivity contribution in [1.82, 2.24) is 5.32 Å². The summed E-state index contributed by atoms with van der Waals surface area (Å²) in [6.45, 7) is 2.91. The van der Waals surface area contributed by atoms with Crippen LogP contribution in [-0.2, 0) is 0 Å². The minimum absolute atomic E-state index is 0.0435. The molecular formula is C34H37N3O4. The fourth-order valence-electron chi connectivity index (χ4n) is 4.33. The van der Waals surface area contributed by atoms with Gasteiger partial charge in [0.2, 0.25) is 0 Å². The first-order valence-electron chi connectivity index (χ1n) is 13.9. The van der Waals surface area contributed by atoms with Gasteiger partial charge >= 0.3 is 0 Å². The van der Waals surface area contributed by atoms with Crippen molar-refractivity contribution in [2.75, 3.05) is 36.5 Å². The number of aliphatic hydroxyl groups excluding tert-OH is 2. The van der Waals surface area contributed by atoms with Crippen molar-refractivity contribution in [2.45, 2.75) is 25.8 Å². The molecule has 0 radical (unpaired) electrons. The summed E-state index contributed by atoms with van der Waals surface area (Å²) in [4.78, 5) is 27.1. The number of anilines is 2. The van der Waals surface area contributed by atoms with Gasteiger partial charge in [-0.25, -0.2) is 0 Å². The van der Waals surface area contributed by atoms with Gasteiger partial charge in [0.15, 0.2) is 0 Å². The van der Waals surface area contributed by atoms with E-state index in [0.29, 0.717) is 23.7 Å². The molecule has 1 fully saturated rings. The first-order chi connectivity index (χ1) is 20.0.